The van der Waals surface area contributed by atoms with E-state index in [9.17, 15) is 4.79 Å². The normalized spacial score (nSPS) is 12.2. The number of hydrogen-bond donors (Lipinski definition) is 0. The van der Waals surface area contributed by atoms with Crippen LogP contribution in [-0.4, -0.2) is 34.7 Å². The van der Waals surface area contributed by atoms with Gasteiger partial charge in [0.1, 0.15) is 6.04 Å². The molecule has 2 rings (SSSR count). The van der Waals surface area contributed by atoms with E-state index < -0.39 is 0 Å². The molecule has 1 aromatic heterocycles. The predicted octanol–water partition coefficient (Wildman–Crippen LogP) is 2.51. The molecule has 0 saturated heterocycles. The average molecular weight is 257 g/mol. The van der Waals surface area contributed by atoms with Crippen molar-refractivity contribution in [3.63, 3.8) is 0 Å². The van der Waals surface area contributed by atoms with Gasteiger partial charge in [-0.2, -0.15) is 5.10 Å². The Bertz CT molecular complexity index is 572. The Labute approximate surface area is 113 Å². The molecular formula is C15H19N3O. The first-order valence-electron chi connectivity index (χ1n) is 6.33. The highest BCUT2D eigenvalue weighted by Crippen LogP contribution is 2.22. The lowest BCUT2D eigenvalue weighted by atomic mass is 10.1. The van der Waals surface area contributed by atoms with Crippen LogP contribution < -0.4 is 0 Å². The second-order valence-electron chi connectivity index (χ2n) is 4.92. The van der Waals surface area contributed by atoms with E-state index in [1.165, 1.54) is 0 Å². The minimum atomic E-state index is -0.286. The van der Waals surface area contributed by atoms with E-state index in [2.05, 4.69) is 5.10 Å². The van der Waals surface area contributed by atoms with Gasteiger partial charge in [-0.05, 0) is 19.4 Å². The summed E-state index contributed by atoms with van der Waals surface area (Å²) < 4.78 is 1.74. The number of likely N-dealkylation sites (N-methyl/N-ethyl adjacent to an activating group) is 1. The number of rotatable bonds is 3. The van der Waals surface area contributed by atoms with E-state index in [-0.39, 0.29) is 11.9 Å². The molecule has 1 aromatic carbocycles. The average Bonchev–Trinajstić information content (AvgIpc) is 2.80. The highest BCUT2D eigenvalue weighted by atomic mass is 16.2. The summed E-state index contributed by atoms with van der Waals surface area (Å²) in [6, 6.07) is 9.72. The maximum Gasteiger partial charge on any atom is 0.246 e. The molecule has 4 nitrogen and oxygen atoms in total. The third-order valence-electron chi connectivity index (χ3n) is 3.16. The van der Waals surface area contributed by atoms with Crippen LogP contribution in [0.1, 0.15) is 18.5 Å². The predicted molar refractivity (Wildman–Crippen MR) is 75.8 cm³/mol. The summed E-state index contributed by atoms with van der Waals surface area (Å²) in [4.78, 5) is 13.6. The van der Waals surface area contributed by atoms with Crippen molar-refractivity contribution in [2.75, 3.05) is 14.1 Å². The molecule has 0 spiro atoms. The zero-order valence-electron chi connectivity index (χ0n) is 11.8. The smallest absolute Gasteiger partial charge is 0.246 e. The third kappa shape index (κ3) is 2.67. The molecule has 19 heavy (non-hydrogen) atoms. The molecule has 0 bridgehead atoms. The van der Waals surface area contributed by atoms with Crippen molar-refractivity contribution in [3.8, 4) is 11.3 Å². The number of aryl methyl sites for hydroxylation is 1. The summed E-state index contributed by atoms with van der Waals surface area (Å²) in [5.74, 6) is 0.0436. The second kappa shape index (κ2) is 5.26. The van der Waals surface area contributed by atoms with Crippen molar-refractivity contribution in [2.45, 2.75) is 19.9 Å². The Morgan fingerprint density at radius 2 is 1.89 bits per heavy atom. The van der Waals surface area contributed by atoms with Gasteiger partial charge in [0, 0.05) is 25.9 Å². The quantitative estimate of drug-likeness (QED) is 0.847. The van der Waals surface area contributed by atoms with Crippen LogP contribution in [0.25, 0.3) is 11.3 Å². The number of amides is 1. The zero-order chi connectivity index (χ0) is 14.0. The summed E-state index contributed by atoms with van der Waals surface area (Å²) in [6.45, 7) is 3.88. The molecule has 0 fully saturated rings. The minimum Gasteiger partial charge on any atom is -0.347 e. The molecular weight excluding hydrogens is 238 g/mol. The maximum atomic E-state index is 12.0. The van der Waals surface area contributed by atoms with Gasteiger partial charge in [0.2, 0.25) is 5.91 Å². The topological polar surface area (TPSA) is 38.1 Å². The van der Waals surface area contributed by atoms with Gasteiger partial charge in [0.25, 0.3) is 0 Å². The van der Waals surface area contributed by atoms with E-state index in [1.807, 2.05) is 50.4 Å². The highest BCUT2D eigenvalue weighted by molar-refractivity contribution is 5.79. The summed E-state index contributed by atoms with van der Waals surface area (Å²) in [5.41, 5.74) is 3.08. The maximum absolute atomic E-state index is 12.0. The molecule has 0 aliphatic carbocycles. The van der Waals surface area contributed by atoms with Gasteiger partial charge in [0.15, 0.2) is 0 Å². The fourth-order valence-corrected chi connectivity index (χ4v) is 2.05. The lowest BCUT2D eigenvalue weighted by Crippen LogP contribution is -2.30. The lowest BCUT2D eigenvalue weighted by molar-refractivity contribution is -0.131. The summed E-state index contributed by atoms with van der Waals surface area (Å²) in [5, 5.41) is 4.55. The molecule has 0 N–H and O–H groups in total. The first-order valence-corrected chi connectivity index (χ1v) is 6.33. The summed E-state index contributed by atoms with van der Waals surface area (Å²) in [6.07, 6.45) is 1.92. The number of carbonyl (C=O) groups excluding carboxylic acids is 1. The van der Waals surface area contributed by atoms with E-state index in [0.717, 1.165) is 16.8 Å². The third-order valence-corrected chi connectivity index (χ3v) is 3.16. The van der Waals surface area contributed by atoms with E-state index in [1.54, 1.807) is 23.7 Å². The first-order chi connectivity index (χ1) is 9.00. The Morgan fingerprint density at radius 1 is 1.26 bits per heavy atom. The lowest BCUT2D eigenvalue weighted by Gasteiger charge is -2.16. The molecule has 0 aliphatic heterocycles. The van der Waals surface area contributed by atoms with Crippen LogP contribution in [0, 0.1) is 6.92 Å². The zero-order valence-corrected chi connectivity index (χ0v) is 11.8. The fraction of sp³-hybridized carbons (Fsp3) is 0.333. The van der Waals surface area contributed by atoms with Crippen molar-refractivity contribution >= 4 is 5.91 Å². The molecule has 1 atom stereocenters. The Morgan fingerprint density at radius 3 is 2.47 bits per heavy atom. The molecule has 2 aromatic rings. The summed E-state index contributed by atoms with van der Waals surface area (Å²) in [7, 11) is 3.51. The molecule has 1 amide bonds. The van der Waals surface area contributed by atoms with Crippen LogP contribution in [0.2, 0.25) is 0 Å². The Balaban J connectivity index is 2.34. The van der Waals surface area contributed by atoms with Gasteiger partial charge in [0.05, 0.1) is 5.69 Å². The van der Waals surface area contributed by atoms with Crippen LogP contribution in [-0.2, 0) is 4.79 Å². The Hall–Kier alpha value is -2.10. The number of carbonyl (C=O) groups is 1. The molecule has 0 unspecified atom stereocenters. The number of aromatic nitrogens is 2. The van der Waals surface area contributed by atoms with Gasteiger partial charge in [-0.1, -0.05) is 30.3 Å². The molecule has 0 radical (unpaired) electrons. The number of benzene rings is 1. The first kappa shape index (κ1) is 13.3. The highest BCUT2D eigenvalue weighted by Gasteiger charge is 2.19. The molecule has 4 heteroatoms. The van der Waals surface area contributed by atoms with Gasteiger partial charge in [-0.3, -0.25) is 9.48 Å². The van der Waals surface area contributed by atoms with Crippen molar-refractivity contribution in [1.82, 2.24) is 14.7 Å². The second-order valence-corrected chi connectivity index (χ2v) is 4.92. The van der Waals surface area contributed by atoms with Gasteiger partial charge in [-0.15, -0.1) is 0 Å². The molecule has 0 aliphatic rings. The Kier molecular flexibility index (Phi) is 3.69. The van der Waals surface area contributed by atoms with Crippen molar-refractivity contribution < 1.29 is 4.79 Å². The standard InChI is InChI=1S/C15H19N3O/c1-11-10-18(12(2)15(19)17(3)4)16-14(11)13-8-6-5-7-9-13/h5-10,12H,1-4H3/t12-/m1/s1. The number of hydrogen-bond acceptors (Lipinski definition) is 2. The molecule has 100 valence electrons. The van der Waals surface area contributed by atoms with Gasteiger partial charge >= 0.3 is 0 Å². The fourth-order valence-electron chi connectivity index (χ4n) is 2.05. The van der Waals surface area contributed by atoms with Crippen molar-refractivity contribution in [3.05, 3.63) is 42.1 Å². The van der Waals surface area contributed by atoms with Crippen LogP contribution in [0.3, 0.4) is 0 Å². The molecule has 0 saturated carbocycles. The molecule has 1 heterocycles. The van der Waals surface area contributed by atoms with Crippen LogP contribution in [0.5, 0.6) is 0 Å². The van der Waals surface area contributed by atoms with Crippen LogP contribution in [0.15, 0.2) is 36.5 Å². The van der Waals surface area contributed by atoms with Crippen LogP contribution in [0.4, 0.5) is 0 Å². The SMILES string of the molecule is Cc1cn([C@H](C)C(=O)N(C)C)nc1-c1ccccc1. The largest absolute Gasteiger partial charge is 0.347 e. The minimum absolute atomic E-state index is 0.0436. The van der Waals surface area contributed by atoms with Crippen molar-refractivity contribution in [2.24, 2.45) is 0 Å². The van der Waals surface area contributed by atoms with E-state index in [0.29, 0.717) is 0 Å². The van der Waals surface area contributed by atoms with E-state index >= 15 is 0 Å². The summed E-state index contributed by atoms with van der Waals surface area (Å²) >= 11 is 0. The van der Waals surface area contributed by atoms with Gasteiger partial charge in [-0.25, -0.2) is 0 Å². The number of nitrogens with zero attached hydrogens (tertiary/aromatic N) is 3. The van der Waals surface area contributed by atoms with Gasteiger partial charge < -0.3 is 4.90 Å². The van der Waals surface area contributed by atoms with Crippen molar-refractivity contribution in [1.29, 1.82) is 0 Å². The monoisotopic (exact) mass is 257 g/mol. The van der Waals surface area contributed by atoms with E-state index in [4.69, 9.17) is 0 Å². The van der Waals surface area contributed by atoms with Crippen LogP contribution >= 0.6 is 0 Å².